The van der Waals surface area contributed by atoms with E-state index in [0.717, 1.165) is 10.9 Å². The van der Waals surface area contributed by atoms with Gasteiger partial charge in [0.1, 0.15) is 11.5 Å². The lowest BCUT2D eigenvalue weighted by Crippen LogP contribution is -2.25. The van der Waals surface area contributed by atoms with E-state index in [9.17, 15) is 17.6 Å². The molecule has 4 aromatic rings. The molecule has 0 fully saturated rings. The fraction of sp³-hybridized carbons (Fsp3) is 0.0870. The summed E-state index contributed by atoms with van der Waals surface area (Å²) < 4.78 is 41.0. The van der Waals surface area contributed by atoms with Crippen molar-refractivity contribution in [1.29, 1.82) is 0 Å². The van der Waals surface area contributed by atoms with Gasteiger partial charge in [-0.2, -0.15) is 0 Å². The van der Waals surface area contributed by atoms with Crippen LogP contribution in [0.3, 0.4) is 0 Å². The van der Waals surface area contributed by atoms with Gasteiger partial charge in [-0.3, -0.25) is 4.79 Å². The molecule has 0 aliphatic carbocycles. The van der Waals surface area contributed by atoms with Gasteiger partial charge in [0.15, 0.2) is 0 Å². The van der Waals surface area contributed by atoms with E-state index in [2.05, 4.69) is 15.0 Å². The molecule has 4 rings (SSSR count). The first kappa shape index (κ1) is 22.0. The van der Waals surface area contributed by atoms with Crippen LogP contribution in [0.4, 0.5) is 4.39 Å². The number of hydrogen-bond acceptors (Lipinski definition) is 3. The van der Waals surface area contributed by atoms with E-state index in [1.54, 1.807) is 36.4 Å². The highest BCUT2D eigenvalue weighted by atomic mass is 35.5. The summed E-state index contributed by atoms with van der Waals surface area (Å²) in [5, 5.41) is 4.20. The van der Waals surface area contributed by atoms with Crippen molar-refractivity contribution in [3.8, 4) is 0 Å². The van der Waals surface area contributed by atoms with Gasteiger partial charge in [-0.05, 0) is 53.6 Å². The maximum absolute atomic E-state index is 13.3. The topological polar surface area (TPSA) is 91.1 Å². The van der Waals surface area contributed by atoms with Crippen LogP contribution < -0.4 is 10.0 Å². The van der Waals surface area contributed by atoms with Crippen molar-refractivity contribution in [2.45, 2.75) is 18.0 Å². The van der Waals surface area contributed by atoms with Crippen LogP contribution in [0.5, 0.6) is 0 Å². The molecule has 0 unspecified atom stereocenters. The van der Waals surface area contributed by atoms with E-state index in [-0.39, 0.29) is 23.9 Å². The Morgan fingerprint density at radius 3 is 2.47 bits per heavy atom. The molecule has 3 N–H and O–H groups in total. The number of halogens is 2. The number of H-pyrrole nitrogens is 1. The van der Waals surface area contributed by atoms with Crippen LogP contribution in [0.1, 0.15) is 21.6 Å². The minimum absolute atomic E-state index is 0.0363. The fourth-order valence-electron chi connectivity index (χ4n) is 3.23. The van der Waals surface area contributed by atoms with Gasteiger partial charge in [0.25, 0.3) is 5.91 Å². The molecule has 0 saturated heterocycles. The predicted octanol–water partition coefficient (Wildman–Crippen LogP) is 4.37. The number of amides is 1. The molecule has 0 aliphatic heterocycles. The summed E-state index contributed by atoms with van der Waals surface area (Å²) in [4.78, 5) is 15.6. The van der Waals surface area contributed by atoms with Crippen molar-refractivity contribution >= 4 is 38.4 Å². The van der Waals surface area contributed by atoms with Gasteiger partial charge in [0.2, 0.25) is 10.0 Å². The lowest BCUT2D eigenvalue weighted by molar-refractivity contribution is 0.0946. The summed E-state index contributed by atoms with van der Waals surface area (Å²) in [6.45, 7) is 0.105. The Bertz CT molecular complexity index is 1400. The number of aromatic amines is 1. The molecule has 0 spiro atoms. The summed E-state index contributed by atoms with van der Waals surface area (Å²) in [5.74, 6) is -0.757. The van der Waals surface area contributed by atoms with Crippen LogP contribution in [0.15, 0.2) is 77.7 Å². The monoisotopic (exact) mass is 471 g/mol. The zero-order chi connectivity index (χ0) is 22.7. The molecule has 9 heteroatoms. The highest BCUT2D eigenvalue weighted by molar-refractivity contribution is 7.89. The average molecular weight is 472 g/mol. The third kappa shape index (κ3) is 5.16. The first-order valence-electron chi connectivity index (χ1n) is 9.70. The molecule has 1 heterocycles. The third-order valence-electron chi connectivity index (χ3n) is 4.85. The Morgan fingerprint density at radius 2 is 1.69 bits per heavy atom. The van der Waals surface area contributed by atoms with E-state index in [1.807, 2.05) is 6.07 Å². The van der Waals surface area contributed by atoms with Crippen molar-refractivity contribution in [2.75, 3.05) is 0 Å². The standard InChI is InChI=1S/C23H19ClFN3O3S/c24-18-8-7-17-11-22(28-21(17)12-18)23(29)26-13-16-4-2-6-20(10-16)32(30,31)27-14-15-3-1-5-19(25)9-15/h1-12,27-28H,13-14H2,(H,26,29). The van der Waals surface area contributed by atoms with Gasteiger partial charge < -0.3 is 10.3 Å². The van der Waals surface area contributed by atoms with Gasteiger partial charge in [0.05, 0.1) is 4.90 Å². The van der Waals surface area contributed by atoms with Crippen molar-refractivity contribution in [2.24, 2.45) is 0 Å². The Morgan fingerprint density at radius 1 is 0.938 bits per heavy atom. The van der Waals surface area contributed by atoms with Gasteiger partial charge in [0, 0.05) is 29.0 Å². The molecule has 0 radical (unpaired) electrons. The van der Waals surface area contributed by atoms with E-state index in [4.69, 9.17) is 11.6 Å². The Labute approximate surface area is 189 Å². The van der Waals surface area contributed by atoms with E-state index in [1.165, 1.54) is 30.3 Å². The quantitative estimate of drug-likeness (QED) is 0.374. The van der Waals surface area contributed by atoms with Gasteiger partial charge in [-0.15, -0.1) is 0 Å². The molecule has 6 nitrogen and oxygen atoms in total. The Hall–Kier alpha value is -3.20. The van der Waals surface area contributed by atoms with Crippen molar-refractivity contribution in [3.05, 3.63) is 100 Å². The molecule has 32 heavy (non-hydrogen) atoms. The molecule has 0 bridgehead atoms. The normalized spacial score (nSPS) is 11.6. The summed E-state index contributed by atoms with van der Waals surface area (Å²) in [5.41, 5.74) is 2.26. The van der Waals surface area contributed by atoms with Crippen LogP contribution in [-0.2, 0) is 23.1 Å². The fourth-order valence-corrected chi connectivity index (χ4v) is 4.49. The summed E-state index contributed by atoms with van der Waals surface area (Å²) in [6, 6.07) is 19.0. The van der Waals surface area contributed by atoms with Crippen molar-refractivity contribution in [3.63, 3.8) is 0 Å². The van der Waals surface area contributed by atoms with Gasteiger partial charge >= 0.3 is 0 Å². The molecular weight excluding hydrogens is 453 g/mol. The SMILES string of the molecule is O=C(NCc1cccc(S(=O)(=O)NCc2cccc(F)c2)c1)c1cc2ccc(Cl)cc2[nH]1. The van der Waals surface area contributed by atoms with E-state index < -0.39 is 15.8 Å². The van der Waals surface area contributed by atoms with Gasteiger partial charge in [-0.25, -0.2) is 17.5 Å². The maximum atomic E-state index is 13.3. The van der Waals surface area contributed by atoms with E-state index in [0.29, 0.717) is 21.8 Å². The third-order valence-corrected chi connectivity index (χ3v) is 6.48. The first-order chi connectivity index (χ1) is 15.3. The van der Waals surface area contributed by atoms with Crippen LogP contribution in [0.2, 0.25) is 5.02 Å². The van der Waals surface area contributed by atoms with Crippen molar-refractivity contribution < 1.29 is 17.6 Å². The number of aromatic nitrogens is 1. The largest absolute Gasteiger partial charge is 0.350 e. The molecule has 0 aliphatic rings. The number of benzene rings is 3. The summed E-state index contributed by atoms with van der Waals surface area (Å²) in [6.07, 6.45) is 0. The maximum Gasteiger partial charge on any atom is 0.267 e. The minimum Gasteiger partial charge on any atom is -0.350 e. The number of fused-ring (bicyclic) bond motifs is 1. The zero-order valence-electron chi connectivity index (χ0n) is 16.7. The highest BCUT2D eigenvalue weighted by Gasteiger charge is 2.15. The van der Waals surface area contributed by atoms with Crippen LogP contribution in [0, 0.1) is 5.82 Å². The predicted molar refractivity (Wildman–Crippen MR) is 121 cm³/mol. The minimum atomic E-state index is -3.81. The average Bonchev–Trinajstić information content (AvgIpc) is 3.20. The number of sulfonamides is 1. The lowest BCUT2D eigenvalue weighted by Gasteiger charge is -2.09. The summed E-state index contributed by atoms with van der Waals surface area (Å²) >= 11 is 5.97. The van der Waals surface area contributed by atoms with E-state index >= 15 is 0 Å². The first-order valence-corrected chi connectivity index (χ1v) is 11.6. The van der Waals surface area contributed by atoms with Crippen LogP contribution in [-0.4, -0.2) is 19.3 Å². The number of carbonyl (C=O) groups excluding carboxylic acids is 1. The van der Waals surface area contributed by atoms with Gasteiger partial charge in [-0.1, -0.05) is 41.9 Å². The molecule has 0 saturated carbocycles. The molecular formula is C23H19ClFN3O3S. The number of rotatable bonds is 7. The number of carbonyl (C=O) groups is 1. The molecule has 164 valence electrons. The second-order valence-corrected chi connectivity index (χ2v) is 9.40. The molecule has 1 amide bonds. The number of nitrogens with one attached hydrogen (secondary N) is 3. The zero-order valence-corrected chi connectivity index (χ0v) is 18.3. The molecule has 1 aromatic heterocycles. The second-order valence-electron chi connectivity index (χ2n) is 7.20. The number of hydrogen-bond donors (Lipinski definition) is 3. The molecule has 3 aromatic carbocycles. The second kappa shape index (κ2) is 9.12. The molecule has 0 atom stereocenters. The van der Waals surface area contributed by atoms with Crippen molar-refractivity contribution in [1.82, 2.24) is 15.0 Å². The highest BCUT2D eigenvalue weighted by Crippen LogP contribution is 2.20. The van der Waals surface area contributed by atoms with Crippen LogP contribution >= 0.6 is 11.6 Å². The Balaban J connectivity index is 1.42. The lowest BCUT2D eigenvalue weighted by atomic mass is 10.2. The summed E-state index contributed by atoms with van der Waals surface area (Å²) in [7, 11) is -3.81. The van der Waals surface area contributed by atoms with Crippen LogP contribution in [0.25, 0.3) is 10.9 Å². The smallest absolute Gasteiger partial charge is 0.267 e. The Kier molecular flexibility index (Phi) is 6.27.